The first-order valence-electron chi connectivity index (χ1n) is 9.37. The topological polar surface area (TPSA) is 44.1 Å². The van der Waals surface area contributed by atoms with Crippen LogP contribution in [0.1, 0.15) is 21.7 Å². The number of fused-ring (bicyclic) bond motifs is 1. The Morgan fingerprint density at radius 3 is 2.21 bits per heavy atom. The van der Waals surface area contributed by atoms with Gasteiger partial charge < -0.3 is 9.30 Å². The van der Waals surface area contributed by atoms with Crippen LogP contribution in [0.25, 0.3) is 22.9 Å². The predicted molar refractivity (Wildman–Crippen MR) is 116 cm³/mol. The molecule has 1 aromatic heterocycles. The van der Waals surface area contributed by atoms with E-state index in [2.05, 4.69) is 6.58 Å². The summed E-state index contributed by atoms with van der Waals surface area (Å²) in [5.74, 6) is 0.734. The van der Waals surface area contributed by atoms with Crippen molar-refractivity contribution in [3.05, 3.63) is 115 Å². The van der Waals surface area contributed by atoms with Gasteiger partial charge in [-0.15, -0.1) is 6.58 Å². The predicted octanol–water partition coefficient (Wildman–Crippen LogP) is 5.58. The van der Waals surface area contributed by atoms with Gasteiger partial charge in [0.15, 0.2) is 0 Å². The third-order valence-corrected chi connectivity index (χ3v) is 4.53. The number of para-hydroxylation sites is 2. The summed E-state index contributed by atoms with van der Waals surface area (Å²) in [6, 6.07) is 26.4. The monoisotopic (exact) mass is 380 g/mol. The smallest absolute Gasteiger partial charge is 0.343 e. The molecular formula is C25H20N2O2. The Bertz CT molecular complexity index is 1180. The van der Waals surface area contributed by atoms with Crippen LogP contribution in [-0.4, -0.2) is 15.5 Å². The highest BCUT2D eigenvalue weighted by Gasteiger charge is 2.15. The van der Waals surface area contributed by atoms with Gasteiger partial charge >= 0.3 is 5.97 Å². The van der Waals surface area contributed by atoms with E-state index in [1.54, 1.807) is 18.2 Å². The maximum absolute atomic E-state index is 12.7. The number of rotatable bonds is 6. The van der Waals surface area contributed by atoms with Gasteiger partial charge in [-0.25, -0.2) is 9.78 Å². The lowest BCUT2D eigenvalue weighted by atomic mass is 10.1. The van der Waals surface area contributed by atoms with Crippen molar-refractivity contribution in [1.82, 2.24) is 9.55 Å². The van der Waals surface area contributed by atoms with Crippen LogP contribution in [0.5, 0.6) is 0 Å². The van der Waals surface area contributed by atoms with Crippen LogP contribution >= 0.6 is 0 Å². The largest absolute Gasteiger partial charge is 0.422 e. The lowest BCUT2D eigenvalue weighted by Crippen LogP contribution is -2.05. The molecule has 0 unspecified atom stereocenters. The van der Waals surface area contributed by atoms with E-state index >= 15 is 0 Å². The number of esters is 1. The Hall–Kier alpha value is -3.92. The SMILES string of the molecule is C=CCn1c(/C=C(/OC(=O)c2ccccc2)c2ccccc2)nc2ccccc21. The number of nitrogens with zero attached hydrogens (tertiary/aromatic N) is 2. The molecule has 0 aliphatic heterocycles. The van der Waals surface area contributed by atoms with Crippen LogP contribution in [0.3, 0.4) is 0 Å². The molecule has 29 heavy (non-hydrogen) atoms. The Morgan fingerprint density at radius 1 is 0.897 bits per heavy atom. The Morgan fingerprint density at radius 2 is 1.52 bits per heavy atom. The third-order valence-electron chi connectivity index (χ3n) is 4.53. The fourth-order valence-electron chi connectivity index (χ4n) is 3.15. The second-order valence-corrected chi connectivity index (χ2v) is 6.49. The first-order chi connectivity index (χ1) is 14.3. The van der Waals surface area contributed by atoms with Crippen molar-refractivity contribution in [3.63, 3.8) is 0 Å². The summed E-state index contributed by atoms with van der Waals surface area (Å²) in [4.78, 5) is 17.4. The quantitative estimate of drug-likeness (QED) is 0.249. The summed E-state index contributed by atoms with van der Waals surface area (Å²) in [6.07, 6.45) is 3.63. The van der Waals surface area contributed by atoms with Crippen LogP contribution in [0.2, 0.25) is 0 Å². The fraction of sp³-hybridized carbons (Fsp3) is 0.0400. The van der Waals surface area contributed by atoms with Crippen LogP contribution in [0, 0.1) is 0 Å². The van der Waals surface area contributed by atoms with E-state index in [1.807, 2.05) is 83.4 Å². The Kier molecular flexibility index (Phi) is 5.34. The molecule has 4 heteroatoms. The third kappa shape index (κ3) is 4.01. The summed E-state index contributed by atoms with van der Waals surface area (Å²) in [5, 5.41) is 0. The van der Waals surface area contributed by atoms with Crippen LogP contribution in [0.4, 0.5) is 0 Å². The maximum atomic E-state index is 12.7. The molecule has 142 valence electrons. The van der Waals surface area contributed by atoms with Gasteiger partial charge in [0.05, 0.1) is 16.6 Å². The lowest BCUT2D eigenvalue weighted by Gasteiger charge is -2.10. The molecule has 0 fully saturated rings. The van der Waals surface area contributed by atoms with Crippen molar-refractivity contribution in [1.29, 1.82) is 0 Å². The summed E-state index contributed by atoms with van der Waals surface area (Å²) in [7, 11) is 0. The summed E-state index contributed by atoms with van der Waals surface area (Å²) in [6.45, 7) is 4.45. The Labute approximate surface area is 169 Å². The zero-order chi connectivity index (χ0) is 20.1. The van der Waals surface area contributed by atoms with E-state index in [9.17, 15) is 4.79 Å². The molecule has 0 aliphatic rings. The minimum atomic E-state index is -0.410. The average Bonchev–Trinajstić information content (AvgIpc) is 3.12. The van der Waals surface area contributed by atoms with Gasteiger partial charge in [0, 0.05) is 18.2 Å². The van der Waals surface area contributed by atoms with E-state index in [0.717, 1.165) is 16.6 Å². The first-order valence-corrected chi connectivity index (χ1v) is 9.37. The van der Waals surface area contributed by atoms with Crippen molar-refractivity contribution >= 4 is 28.8 Å². The molecule has 3 aromatic carbocycles. The minimum Gasteiger partial charge on any atom is -0.422 e. The van der Waals surface area contributed by atoms with Gasteiger partial charge in [-0.1, -0.05) is 66.7 Å². The molecule has 4 rings (SSSR count). The van der Waals surface area contributed by atoms with E-state index in [1.165, 1.54) is 0 Å². The van der Waals surface area contributed by atoms with E-state index in [4.69, 9.17) is 9.72 Å². The average molecular weight is 380 g/mol. The highest BCUT2D eigenvalue weighted by molar-refractivity contribution is 5.95. The highest BCUT2D eigenvalue weighted by atomic mass is 16.5. The van der Waals surface area contributed by atoms with Gasteiger partial charge in [-0.05, 0) is 24.3 Å². The van der Waals surface area contributed by atoms with Crippen LogP contribution in [-0.2, 0) is 11.3 Å². The number of hydrogen-bond donors (Lipinski definition) is 0. The molecule has 4 nitrogen and oxygen atoms in total. The highest BCUT2D eigenvalue weighted by Crippen LogP contribution is 2.24. The number of allylic oxidation sites excluding steroid dienone is 1. The molecule has 0 aliphatic carbocycles. The molecule has 0 saturated carbocycles. The molecular weight excluding hydrogens is 360 g/mol. The lowest BCUT2D eigenvalue weighted by molar-refractivity contribution is 0.0693. The molecule has 4 aromatic rings. The van der Waals surface area contributed by atoms with E-state index in [-0.39, 0.29) is 0 Å². The fourth-order valence-corrected chi connectivity index (χ4v) is 3.15. The van der Waals surface area contributed by atoms with E-state index in [0.29, 0.717) is 23.7 Å². The summed E-state index contributed by atoms with van der Waals surface area (Å²) >= 11 is 0. The number of benzene rings is 3. The molecule has 0 amide bonds. The van der Waals surface area contributed by atoms with Crippen LogP contribution in [0.15, 0.2) is 97.6 Å². The van der Waals surface area contributed by atoms with Gasteiger partial charge in [0.1, 0.15) is 11.6 Å². The van der Waals surface area contributed by atoms with Crippen molar-refractivity contribution in [2.75, 3.05) is 0 Å². The normalized spacial score (nSPS) is 11.4. The molecule has 0 spiro atoms. The number of carbonyl (C=O) groups is 1. The number of imidazole rings is 1. The molecule has 1 heterocycles. The number of ether oxygens (including phenoxy) is 1. The molecule has 0 radical (unpaired) electrons. The van der Waals surface area contributed by atoms with Gasteiger partial charge in [-0.3, -0.25) is 0 Å². The minimum absolute atomic E-state index is 0.410. The molecule has 0 atom stereocenters. The van der Waals surface area contributed by atoms with Gasteiger partial charge in [0.2, 0.25) is 0 Å². The zero-order valence-electron chi connectivity index (χ0n) is 15.9. The maximum Gasteiger partial charge on any atom is 0.343 e. The molecule has 0 N–H and O–H groups in total. The number of aromatic nitrogens is 2. The van der Waals surface area contributed by atoms with Crippen LogP contribution < -0.4 is 0 Å². The second-order valence-electron chi connectivity index (χ2n) is 6.49. The van der Waals surface area contributed by atoms with Gasteiger partial charge in [-0.2, -0.15) is 0 Å². The van der Waals surface area contributed by atoms with Gasteiger partial charge in [0.25, 0.3) is 0 Å². The molecule has 0 saturated heterocycles. The molecule has 0 bridgehead atoms. The van der Waals surface area contributed by atoms with Crippen molar-refractivity contribution in [2.45, 2.75) is 6.54 Å². The summed E-state index contributed by atoms with van der Waals surface area (Å²) < 4.78 is 7.84. The van der Waals surface area contributed by atoms with Crippen molar-refractivity contribution in [2.24, 2.45) is 0 Å². The summed E-state index contributed by atoms with van der Waals surface area (Å²) in [5.41, 5.74) is 3.17. The van der Waals surface area contributed by atoms with E-state index < -0.39 is 5.97 Å². The first kappa shape index (κ1) is 18.4. The van der Waals surface area contributed by atoms with Crippen molar-refractivity contribution in [3.8, 4) is 0 Å². The number of carbonyl (C=O) groups excluding carboxylic acids is 1. The number of hydrogen-bond acceptors (Lipinski definition) is 3. The standard InChI is InChI=1S/C25H20N2O2/c1-2-17-27-22-16-10-9-15-21(22)26-24(27)18-23(19-11-5-3-6-12-19)29-25(28)20-13-7-4-8-14-20/h2-16,18H,1,17H2/b23-18+. The second kappa shape index (κ2) is 8.40. The Balaban J connectivity index is 1.80. The van der Waals surface area contributed by atoms with Crippen molar-refractivity contribution < 1.29 is 9.53 Å². The zero-order valence-corrected chi connectivity index (χ0v) is 15.9.